The molecule has 1 aromatic heterocycles. The Morgan fingerprint density at radius 3 is 2.71 bits per heavy atom. The number of hydrogen-bond donors (Lipinski definition) is 2. The van der Waals surface area contributed by atoms with Gasteiger partial charge in [0.1, 0.15) is 0 Å². The quantitative estimate of drug-likeness (QED) is 0.610. The first-order valence-electron chi connectivity index (χ1n) is 7.15. The molecule has 0 aliphatic carbocycles. The molecule has 0 aliphatic heterocycles. The summed E-state index contributed by atoms with van der Waals surface area (Å²) in [6.07, 6.45) is 3.43. The molecule has 0 spiro atoms. The van der Waals surface area contributed by atoms with Crippen LogP contribution in [0, 0.1) is 6.92 Å². The summed E-state index contributed by atoms with van der Waals surface area (Å²) in [5.74, 6) is 0.0601. The number of aromatic nitrogens is 1. The van der Waals surface area contributed by atoms with Crippen LogP contribution in [0.3, 0.4) is 0 Å². The summed E-state index contributed by atoms with van der Waals surface area (Å²) >= 11 is 1.71. The molecule has 0 saturated heterocycles. The van der Waals surface area contributed by atoms with Crippen molar-refractivity contribution in [3.05, 3.63) is 45.9 Å². The highest BCUT2D eigenvalue weighted by atomic mass is 32.1. The van der Waals surface area contributed by atoms with Gasteiger partial charge in [-0.05, 0) is 43.9 Å². The molecule has 4 nitrogen and oxygen atoms in total. The van der Waals surface area contributed by atoms with Crippen molar-refractivity contribution in [1.29, 1.82) is 0 Å². The molecule has 112 valence electrons. The van der Waals surface area contributed by atoms with Crippen LogP contribution < -0.4 is 11.1 Å². The van der Waals surface area contributed by atoms with Crippen LogP contribution >= 0.6 is 11.3 Å². The number of nitrogens with zero attached hydrogens (tertiary/aromatic N) is 1. The van der Waals surface area contributed by atoms with E-state index >= 15 is 0 Å². The first-order valence-corrected chi connectivity index (χ1v) is 8.03. The van der Waals surface area contributed by atoms with Crippen LogP contribution in [0.4, 0.5) is 5.69 Å². The van der Waals surface area contributed by atoms with Gasteiger partial charge in [0.2, 0.25) is 5.91 Å². The fraction of sp³-hybridized carbons (Fsp3) is 0.375. The third-order valence-electron chi connectivity index (χ3n) is 3.15. The first kappa shape index (κ1) is 15.5. The molecule has 0 saturated carbocycles. The van der Waals surface area contributed by atoms with Crippen LogP contribution in [0.2, 0.25) is 0 Å². The zero-order valence-electron chi connectivity index (χ0n) is 12.3. The van der Waals surface area contributed by atoms with Crippen LogP contribution in [0.15, 0.2) is 29.6 Å². The van der Waals surface area contributed by atoms with Crippen molar-refractivity contribution in [1.82, 2.24) is 10.3 Å². The second-order valence-electron chi connectivity index (χ2n) is 5.11. The Morgan fingerprint density at radius 1 is 1.29 bits per heavy atom. The molecule has 5 heteroatoms. The van der Waals surface area contributed by atoms with Crippen LogP contribution in [0.1, 0.15) is 29.1 Å². The Kier molecular flexibility index (Phi) is 5.75. The zero-order chi connectivity index (χ0) is 15.1. The maximum atomic E-state index is 11.8. The lowest BCUT2D eigenvalue weighted by Crippen LogP contribution is -2.26. The number of carbonyl (C=O) groups excluding carboxylic acids is 1. The predicted octanol–water partition coefficient (Wildman–Crippen LogP) is 2.72. The minimum absolute atomic E-state index is 0.0601. The van der Waals surface area contributed by atoms with Crippen molar-refractivity contribution in [2.45, 2.75) is 32.6 Å². The predicted molar refractivity (Wildman–Crippen MR) is 87.4 cm³/mol. The van der Waals surface area contributed by atoms with Crippen LogP contribution in [-0.2, 0) is 17.6 Å². The molecule has 0 fully saturated rings. The Balaban J connectivity index is 1.60. The summed E-state index contributed by atoms with van der Waals surface area (Å²) < 4.78 is 0. The maximum Gasteiger partial charge on any atom is 0.224 e. The molecule has 0 radical (unpaired) electrons. The highest BCUT2D eigenvalue weighted by Crippen LogP contribution is 2.11. The van der Waals surface area contributed by atoms with E-state index in [0.717, 1.165) is 42.8 Å². The molecule has 0 bridgehead atoms. The molecule has 1 heterocycles. The third kappa shape index (κ3) is 5.55. The fourth-order valence-electron chi connectivity index (χ4n) is 2.03. The third-order valence-corrected chi connectivity index (χ3v) is 4.18. The van der Waals surface area contributed by atoms with E-state index in [-0.39, 0.29) is 5.91 Å². The number of aryl methyl sites for hydroxylation is 2. The summed E-state index contributed by atoms with van der Waals surface area (Å²) in [5.41, 5.74) is 8.41. The fourth-order valence-corrected chi connectivity index (χ4v) is 2.85. The molecular formula is C16H21N3OS. The molecule has 2 aromatic rings. The molecule has 3 N–H and O–H groups in total. The second kappa shape index (κ2) is 7.78. The number of nitrogen functional groups attached to an aromatic ring is 1. The number of carbonyl (C=O) groups is 1. The maximum absolute atomic E-state index is 11.8. The van der Waals surface area contributed by atoms with Crippen LogP contribution in [0.25, 0.3) is 0 Å². The Labute approximate surface area is 129 Å². The molecule has 1 aromatic carbocycles. The van der Waals surface area contributed by atoms with Gasteiger partial charge in [-0.15, -0.1) is 11.3 Å². The van der Waals surface area contributed by atoms with Gasteiger partial charge >= 0.3 is 0 Å². The van der Waals surface area contributed by atoms with E-state index in [1.54, 1.807) is 11.3 Å². The van der Waals surface area contributed by atoms with Gasteiger partial charge in [0, 0.05) is 23.3 Å². The number of nitrogens with two attached hydrogens (primary N) is 1. The number of thiazole rings is 1. The number of nitrogens with one attached hydrogen (secondary N) is 1. The highest BCUT2D eigenvalue weighted by molar-refractivity contribution is 7.09. The van der Waals surface area contributed by atoms with Crippen LogP contribution in [0.5, 0.6) is 0 Å². The van der Waals surface area contributed by atoms with Gasteiger partial charge in [0.15, 0.2) is 0 Å². The normalized spacial score (nSPS) is 10.5. The number of unbranched alkanes of at least 4 members (excludes halogenated alkanes) is 1. The number of hydrogen-bond acceptors (Lipinski definition) is 4. The van der Waals surface area contributed by atoms with Gasteiger partial charge in [-0.25, -0.2) is 4.98 Å². The summed E-state index contributed by atoms with van der Waals surface area (Å²) in [4.78, 5) is 16.2. The van der Waals surface area contributed by atoms with E-state index in [1.807, 2.05) is 31.2 Å². The van der Waals surface area contributed by atoms with E-state index in [2.05, 4.69) is 15.7 Å². The molecule has 21 heavy (non-hydrogen) atoms. The lowest BCUT2D eigenvalue weighted by atomic mass is 10.1. The molecule has 2 rings (SSSR count). The van der Waals surface area contributed by atoms with Crippen molar-refractivity contribution < 1.29 is 4.79 Å². The SMILES string of the molecule is Cc1csc(CCCCNC(=O)Cc2ccc(N)cc2)n1. The zero-order valence-corrected chi connectivity index (χ0v) is 13.1. The number of rotatable bonds is 7. The summed E-state index contributed by atoms with van der Waals surface area (Å²) in [5, 5.41) is 6.20. The average molecular weight is 303 g/mol. The summed E-state index contributed by atoms with van der Waals surface area (Å²) in [6, 6.07) is 7.41. The van der Waals surface area contributed by atoms with E-state index in [4.69, 9.17) is 5.73 Å². The van der Waals surface area contributed by atoms with Crippen molar-refractivity contribution in [3.63, 3.8) is 0 Å². The minimum atomic E-state index is 0.0601. The van der Waals surface area contributed by atoms with Crippen molar-refractivity contribution in [3.8, 4) is 0 Å². The largest absolute Gasteiger partial charge is 0.399 e. The van der Waals surface area contributed by atoms with E-state index in [1.165, 1.54) is 5.01 Å². The molecule has 0 atom stereocenters. The van der Waals surface area contributed by atoms with Crippen molar-refractivity contribution in [2.24, 2.45) is 0 Å². The smallest absolute Gasteiger partial charge is 0.224 e. The van der Waals surface area contributed by atoms with Gasteiger partial charge in [-0.3, -0.25) is 4.79 Å². The Hall–Kier alpha value is -1.88. The van der Waals surface area contributed by atoms with Gasteiger partial charge in [0.05, 0.1) is 11.4 Å². The van der Waals surface area contributed by atoms with Crippen LogP contribution in [-0.4, -0.2) is 17.4 Å². The monoisotopic (exact) mass is 303 g/mol. The van der Waals surface area contributed by atoms with Crippen molar-refractivity contribution >= 4 is 22.9 Å². The average Bonchev–Trinajstić information content (AvgIpc) is 2.87. The van der Waals surface area contributed by atoms with Gasteiger partial charge in [-0.2, -0.15) is 0 Å². The van der Waals surface area contributed by atoms with Gasteiger partial charge in [-0.1, -0.05) is 12.1 Å². The van der Waals surface area contributed by atoms with Gasteiger partial charge < -0.3 is 11.1 Å². The Bertz CT molecular complexity index is 577. The van der Waals surface area contributed by atoms with E-state index in [0.29, 0.717) is 6.42 Å². The summed E-state index contributed by atoms with van der Waals surface area (Å²) in [7, 11) is 0. The number of anilines is 1. The Morgan fingerprint density at radius 2 is 2.05 bits per heavy atom. The number of amides is 1. The topological polar surface area (TPSA) is 68.0 Å². The number of benzene rings is 1. The first-order chi connectivity index (χ1) is 10.1. The van der Waals surface area contributed by atoms with Crippen molar-refractivity contribution in [2.75, 3.05) is 12.3 Å². The standard InChI is InChI=1S/C16H21N3OS/c1-12-11-21-16(19-12)4-2-3-9-18-15(20)10-13-5-7-14(17)8-6-13/h5-8,11H,2-4,9-10,17H2,1H3,(H,18,20). The molecular weight excluding hydrogens is 282 g/mol. The van der Waals surface area contributed by atoms with Gasteiger partial charge in [0.25, 0.3) is 0 Å². The summed E-state index contributed by atoms with van der Waals surface area (Å²) in [6.45, 7) is 2.73. The lowest BCUT2D eigenvalue weighted by Gasteiger charge is -2.05. The second-order valence-corrected chi connectivity index (χ2v) is 6.05. The molecule has 0 aliphatic rings. The lowest BCUT2D eigenvalue weighted by molar-refractivity contribution is -0.120. The minimum Gasteiger partial charge on any atom is -0.399 e. The highest BCUT2D eigenvalue weighted by Gasteiger charge is 2.03. The molecule has 1 amide bonds. The van der Waals surface area contributed by atoms with E-state index < -0.39 is 0 Å². The molecule has 0 unspecified atom stereocenters. The van der Waals surface area contributed by atoms with E-state index in [9.17, 15) is 4.79 Å².